The number of hydrogen-bond acceptors (Lipinski definition) is 7. The summed E-state index contributed by atoms with van der Waals surface area (Å²) in [5, 5.41) is 4.18. The Morgan fingerprint density at radius 3 is 2.70 bits per heavy atom. The van der Waals surface area contributed by atoms with Gasteiger partial charge in [-0.3, -0.25) is 9.56 Å². The van der Waals surface area contributed by atoms with E-state index in [1.807, 2.05) is 25.1 Å². The predicted molar refractivity (Wildman–Crippen MR) is 182 cm³/mol. The average Bonchev–Trinajstić information content (AvgIpc) is 3.42. The molecular formula is C33H44ClFN8O3. The molecule has 11 nitrogen and oxygen atoms in total. The van der Waals surface area contributed by atoms with Gasteiger partial charge in [-0.05, 0) is 86.6 Å². The van der Waals surface area contributed by atoms with Crippen LogP contribution in [-0.2, 0) is 29.0 Å². The van der Waals surface area contributed by atoms with Gasteiger partial charge in [-0.2, -0.15) is 4.98 Å². The molecule has 2 aromatic heterocycles. The van der Waals surface area contributed by atoms with Crippen molar-refractivity contribution in [1.82, 2.24) is 19.9 Å². The molecule has 0 spiro atoms. The number of nitrogens with zero attached hydrogens (tertiary/aromatic N) is 3. The molecule has 0 aliphatic rings. The molecule has 13 heteroatoms. The average molecular weight is 655 g/mol. The Hall–Kier alpha value is -3.81. The van der Waals surface area contributed by atoms with E-state index >= 15 is 4.39 Å². The summed E-state index contributed by atoms with van der Waals surface area (Å²) in [6.07, 6.45) is 4.90. The van der Waals surface area contributed by atoms with Crippen molar-refractivity contribution in [1.29, 1.82) is 0 Å². The molecule has 0 aliphatic heterocycles. The van der Waals surface area contributed by atoms with E-state index in [0.29, 0.717) is 60.9 Å². The van der Waals surface area contributed by atoms with Crippen LogP contribution >= 0.6 is 11.6 Å². The van der Waals surface area contributed by atoms with Crippen molar-refractivity contribution in [2.75, 3.05) is 26.9 Å². The summed E-state index contributed by atoms with van der Waals surface area (Å²) in [5.41, 5.74) is 20.9. The first-order valence-corrected chi connectivity index (χ1v) is 15.8. The van der Waals surface area contributed by atoms with E-state index in [0.717, 1.165) is 42.4 Å². The highest BCUT2D eigenvalue weighted by atomic mass is 35.5. The van der Waals surface area contributed by atoms with Crippen LogP contribution in [0.25, 0.3) is 28.0 Å². The summed E-state index contributed by atoms with van der Waals surface area (Å²) in [5.74, 6) is -0.459. The van der Waals surface area contributed by atoms with Gasteiger partial charge in [-0.1, -0.05) is 17.7 Å². The molecule has 0 amide bonds. The SMILES string of the molecule is COCCOCc1cc(-n2cc3cc(-c4cc(CCC[C@H](C)N)cc(Cl)c4F)[nH]c3nc2=O)ccc1CN[C@@H](C)CCN=C(N)N. The summed E-state index contributed by atoms with van der Waals surface area (Å²) < 4.78 is 27.6. The summed E-state index contributed by atoms with van der Waals surface area (Å²) >= 11 is 6.27. The van der Waals surface area contributed by atoms with E-state index in [9.17, 15) is 4.79 Å². The van der Waals surface area contributed by atoms with Gasteiger partial charge in [0.15, 0.2) is 11.8 Å². The van der Waals surface area contributed by atoms with Crippen LogP contribution in [0.2, 0.25) is 5.02 Å². The maximum atomic E-state index is 15.2. The first-order valence-electron chi connectivity index (χ1n) is 15.4. The van der Waals surface area contributed by atoms with Crippen molar-refractivity contribution in [3.8, 4) is 16.9 Å². The van der Waals surface area contributed by atoms with Crippen molar-refractivity contribution >= 4 is 28.6 Å². The molecule has 0 fully saturated rings. The number of aliphatic imine (C=N–C) groups is 1. The molecular weight excluding hydrogens is 611 g/mol. The number of aromatic nitrogens is 3. The molecule has 2 atom stereocenters. The number of aryl methyl sites for hydroxylation is 1. The fourth-order valence-corrected chi connectivity index (χ4v) is 5.35. The van der Waals surface area contributed by atoms with Crippen LogP contribution in [0.1, 0.15) is 49.8 Å². The summed E-state index contributed by atoms with van der Waals surface area (Å²) in [7, 11) is 1.62. The minimum Gasteiger partial charge on any atom is -0.382 e. The number of ether oxygens (including phenoxy) is 2. The van der Waals surface area contributed by atoms with E-state index < -0.39 is 11.5 Å². The van der Waals surface area contributed by atoms with Gasteiger partial charge in [0.25, 0.3) is 0 Å². The van der Waals surface area contributed by atoms with Crippen LogP contribution in [0.4, 0.5) is 4.39 Å². The van der Waals surface area contributed by atoms with Crippen molar-refractivity contribution in [3.05, 3.63) is 80.6 Å². The molecule has 0 unspecified atom stereocenters. The second kappa shape index (κ2) is 16.7. The molecule has 248 valence electrons. The summed E-state index contributed by atoms with van der Waals surface area (Å²) in [4.78, 5) is 24.7. The lowest BCUT2D eigenvalue weighted by molar-refractivity contribution is 0.0613. The van der Waals surface area contributed by atoms with E-state index in [4.69, 9.17) is 38.3 Å². The number of hydrogen-bond donors (Lipinski definition) is 5. The van der Waals surface area contributed by atoms with E-state index in [-0.39, 0.29) is 23.1 Å². The second-order valence-electron chi connectivity index (χ2n) is 11.6. The van der Waals surface area contributed by atoms with E-state index in [1.165, 1.54) is 4.57 Å². The number of rotatable bonds is 17. The number of methoxy groups -OCH3 is 1. The largest absolute Gasteiger partial charge is 0.382 e. The maximum absolute atomic E-state index is 15.2. The van der Waals surface area contributed by atoms with Gasteiger partial charge >= 0.3 is 5.69 Å². The predicted octanol–water partition coefficient (Wildman–Crippen LogP) is 4.15. The van der Waals surface area contributed by atoms with Crippen LogP contribution in [0, 0.1) is 5.82 Å². The van der Waals surface area contributed by atoms with Crippen LogP contribution in [0.15, 0.2) is 52.4 Å². The maximum Gasteiger partial charge on any atom is 0.354 e. The first kappa shape index (κ1) is 35.1. The molecule has 2 heterocycles. The number of halogens is 2. The Morgan fingerprint density at radius 2 is 1.96 bits per heavy atom. The molecule has 4 rings (SSSR count). The Labute approximate surface area is 273 Å². The number of nitrogens with two attached hydrogens (primary N) is 3. The number of nitrogens with one attached hydrogen (secondary N) is 2. The molecule has 0 saturated heterocycles. The Morgan fingerprint density at radius 1 is 1.15 bits per heavy atom. The molecule has 4 aromatic rings. The third-order valence-corrected chi connectivity index (χ3v) is 7.94. The van der Waals surface area contributed by atoms with E-state index in [1.54, 1.807) is 31.5 Å². The Balaban J connectivity index is 1.61. The molecule has 0 bridgehead atoms. The standard InChI is InChI=1S/C33H44ClFN8O3/c1-20(36)5-4-6-22-13-27(30(35)28(34)14-22)29-16-24-18-43(33(44)42-31(24)41-29)26-8-7-23(25(15-26)19-46-12-11-45-3)17-40-21(2)9-10-39-32(37)38/h7-8,13-16,18,20-21,40H,4-6,9-12,17,19,36H2,1-3H3,(H4,37,38,39)(H,41,42,44)/t20-,21-/m0/s1. The van der Waals surface area contributed by atoms with Gasteiger partial charge in [0.2, 0.25) is 0 Å². The smallest absolute Gasteiger partial charge is 0.354 e. The first-order chi connectivity index (χ1) is 22.0. The zero-order valence-electron chi connectivity index (χ0n) is 26.6. The van der Waals surface area contributed by atoms with Crippen molar-refractivity contribution < 1.29 is 13.9 Å². The minimum absolute atomic E-state index is 0.0393. The molecule has 0 saturated carbocycles. The van der Waals surface area contributed by atoms with Crippen molar-refractivity contribution in [2.45, 2.75) is 64.8 Å². The topological polar surface area (TPSA) is 172 Å². The molecule has 46 heavy (non-hydrogen) atoms. The van der Waals surface area contributed by atoms with Gasteiger partial charge < -0.3 is 37.0 Å². The van der Waals surface area contributed by atoms with E-state index in [2.05, 4.69) is 27.2 Å². The Kier molecular flexibility index (Phi) is 12.7. The number of benzene rings is 2. The highest BCUT2D eigenvalue weighted by Crippen LogP contribution is 2.31. The highest BCUT2D eigenvalue weighted by molar-refractivity contribution is 6.31. The number of aromatic amines is 1. The van der Waals surface area contributed by atoms with Crippen LogP contribution in [-0.4, -0.2) is 59.4 Å². The summed E-state index contributed by atoms with van der Waals surface area (Å²) in [6.45, 7) is 6.36. The monoisotopic (exact) mass is 654 g/mol. The number of guanidine groups is 1. The number of fused-ring (bicyclic) bond motifs is 1. The molecule has 2 aromatic carbocycles. The van der Waals surface area contributed by atoms with Crippen LogP contribution < -0.4 is 28.2 Å². The van der Waals surface area contributed by atoms with Crippen molar-refractivity contribution in [2.24, 2.45) is 22.2 Å². The molecule has 8 N–H and O–H groups in total. The van der Waals surface area contributed by atoms with Crippen LogP contribution in [0.5, 0.6) is 0 Å². The molecule has 0 aliphatic carbocycles. The Bertz CT molecular complexity index is 1700. The zero-order valence-corrected chi connectivity index (χ0v) is 27.4. The lowest BCUT2D eigenvalue weighted by Gasteiger charge is -2.17. The lowest BCUT2D eigenvalue weighted by Crippen LogP contribution is -2.28. The third-order valence-electron chi connectivity index (χ3n) is 7.67. The third kappa shape index (κ3) is 9.60. The normalized spacial score (nSPS) is 12.8. The van der Waals surface area contributed by atoms with Gasteiger partial charge in [0.1, 0.15) is 5.65 Å². The molecule has 0 radical (unpaired) electrons. The zero-order chi connectivity index (χ0) is 33.2. The van der Waals surface area contributed by atoms with Gasteiger partial charge in [0.05, 0.1) is 36.2 Å². The summed E-state index contributed by atoms with van der Waals surface area (Å²) in [6, 6.07) is 11.2. The fourth-order valence-electron chi connectivity index (χ4n) is 5.11. The second-order valence-corrected chi connectivity index (χ2v) is 12.0. The quantitative estimate of drug-likeness (QED) is 0.0642. The van der Waals surface area contributed by atoms with Gasteiger partial charge in [0, 0.05) is 49.4 Å². The van der Waals surface area contributed by atoms with Gasteiger partial charge in [-0.15, -0.1) is 0 Å². The van der Waals surface area contributed by atoms with Gasteiger partial charge in [-0.25, -0.2) is 9.18 Å². The number of H-pyrrole nitrogens is 1. The van der Waals surface area contributed by atoms with Crippen molar-refractivity contribution in [3.63, 3.8) is 0 Å². The minimum atomic E-state index is -0.535. The fraction of sp³-hybridized carbons (Fsp3) is 0.424. The lowest BCUT2D eigenvalue weighted by atomic mass is 10.0. The highest BCUT2D eigenvalue weighted by Gasteiger charge is 2.16. The van der Waals surface area contributed by atoms with Crippen LogP contribution in [0.3, 0.4) is 0 Å².